The maximum Gasteiger partial charge on any atom is 0.274 e. The molecule has 1 aliphatic heterocycles. The third kappa shape index (κ3) is 3.67. The number of hydrogen-bond acceptors (Lipinski definition) is 5. The number of nitrogens with one attached hydrogen (secondary N) is 2. The second-order valence-electron chi connectivity index (χ2n) is 6.26. The smallest absolute Gasteiger partial charge is 0.274 e. The number of nitrogens with zero attached hydrogens (tertiary/aromatic N) is 4. The fraction of sp³-hybridized carbons (Fsp3) is 0.353. The van der Waals surface area contributed by atoms with Crippen molar-refractivity contribution < 1.29 is 0 Å². The van der Waals surface area contributed by atoms with Crippen molar-refractivity contribution in [3.63, 3.8) is 0 Å². The van der Waals surface area contributed by atoms with Crippen LogP contribution >= 0.6 is 11.6 Å². The summed E-state index contributed by atoms with van der Waals surface area (Å²) < 4.78 is 1.36. The van der Waals surface area contributed by atoms with Gasteiger partial charge in [-0.2, -0.15) is 9.50 Å². The average Bonchev–Trinajstić information content (AvgIpc) is 3.24. The average molecular weight is 359 g/mol. The van der Waals surface area contributed by atoms with Gasteiger partial charge in [-0.25, -0.2) is 4.98 Å². The van der Waals surface area contributed by atoms with Crippen molar-refractivity contribution in [3.8, 4) is 0 Å². The lowest BCUT2D eigenvalue weighted by Gasteiger charge is -2.12. The molecule has 7 nitrogen and oxygen atoms in total. The van der Waals surface area contributed by atoms with Gasteiger partial charge in [-0.3, -0.25) is 14.8 Å². The molecule has 0 atom stereocenters. The number of likely N-dealkylation sites (tertiary alicyclic amines) is 1. The molecule has 3 heterocycles. The van der Waals surface area contributed by atoms with Crippen LogP contribution in [-0.2, 0) is 13.1 Å². The molecule has 2 N–H and O–H groups in total. The summed E-state index contributed by atoms with van der Waals surface area (Å²) in [4.78, 5) is 23.5. The molecule has 25 heavy (non-hydrogen) atoms. The first-order chi connectivity index (χ1) is 12.2. The fourth-order valence-electron chi connectivity index (χ4n) is 3.05. The first-order valence-corrected chi connectivity index (χ1v) is 8.74. The number of halogens is 1. The highest BCUT2D eigenvalue weighted by Gasteiger charge is 2.14. The van der Waals surface area contributed by atoms with E-state index in [-0.39, 0.29) is 5.56 Å². The first kappa shape index (κ1) is 16.1. The molecule has 0 saturated carbocycles. The van der Waals surface area contributed by atoms with Crippen LogP contribution in [0.1, 0.15) is 24.1 Å². The van der Waals surface area contributed by atoms with Crippen molar-refractivity contribution in [2.24, 2.45) is 0 Å². The predicted octanol–water partition coefficient (Wildman–Crippen LogP) is 2.28. The number of aromatic amines is 1. The van der Waals surface area contributed by atoms with Crippen LogP contribution in [0.3, 0.4) is 0 Å². The van der Waals surface area contributed by atoms with Gasteiger partial charge in [0.2, 0.25) is 5.95 Å². The van der Waals surface area contributed by atoms with Crippen LogP contribution in [0.5, 0.6) is 0 Å². The number of H-pyrrole nitrogens is 1. The topological polar surface area (TPSA) is 78.3 Å². The van der Waals surface area contributed by atoms with Crippen LogP contribution in [0, 0.1) is 0 Å². The number of rotatable bonds is 5. The second kappa shape index (κ2) is 6.85. The van der Waals surface area contributed by atoms with E-state index in [1.165, 1.54) is 17.4 Å². The third-order valence-corrected chi connectivity index (χ3v) is 4.59. The Morgan fingerprint density at radius 2 is 1.92 bits per heavy atom. The van der Waals surface area contributed by atoms with Gasteiger partial charge in [-0.1, -0.05) is 23.7 Å². The molecular weight excluding hydrogens is 340 g/mol. The summed E-state index contributed by atoms with van der Waals surface area (Å²) in [6.45, 7) is 3.41. The quantitative estimate of drug-likeness (QED) is 0.731. The van der Waals surface area contributed by atoms with Crippen LogP contribution in [0.15, 0.2) is 35.1 Å². The van der Waals surface area contributed by atoms with E-state index >= 15 is 0 Å². The Bertz CT molecular complexity index is 926. The summed E-state index contributed by atoms with van der Waals surface area (Å²) in [5.74, 6) is 0.901. The van der Waals surface area contributed by atoms with Gasteiger partial charge in [-0.05, 0) is 43.6 Å². The van der Waals surface area contributed by atoms with Gasteiger partial charge in [-0.15, -0.1) is 0 Å². The van der Waals surface area contributed by atoms with Gasteiger partial charge in [0, 0.05) is 24.2 Å². The Kier molecular flexibility index (Phi) is 4.42. The molecule has 0 unspecified atom stereocenters. The Labute approximate surface area is 149 Å². The van der Waals surface area contributed by atoms with Crippen LogP contribution in [0.2, 0.25) is 5.02 Å². The lowest BCUT2D eigenvalue weighted by atomic mass is 10.2. The predicted molar refractivity (Wildman–Crippen MR) is 96.9 cm³/mol. The lowest BCUT2D eigenvalue weighted by molar-refractivity contribution is 0.327. The summed E-state index contributed by atoms with van der Waals surface area (Å²) in [5.41, 5.74) is 1.69. The summed E-state index contributed by atoms with van der Waals surface area (Å²) in [7, 11) is 0. The molecule has 1 fully saturated rings. The summed E-state index contributed by atoms with van der Waals surface area (Å²) >= 11 is 5.89. The molecule has 4 rings (SSSR count). The number of hydrogen-bond donors (Lipinski definition) is 2. The highest BCUT2D eigenvalue weighted by Crippen LogP contribution is 2.12. The Morgan fingerprint density at radius 3 is 2.68 bits per heavy atom. The molecule has 3 aromatic rings. The molecule has 1 saturated heterocycles. The molecule has 0 spiro atoms. The van der Waals surface area contributed by atoms with Crippen molar-refractivity contribution >= 4 is 23.3 Å². The van der Waals surface area contributed by atoms with Gasteiger partial charge in [0.05, 0.1) is 5.69 Å². The molecule has 0 aliphatic carbocycles. The van der Waals surface area contributed by atoms with E-state index in [9.17, 15) is 4.79 Å². The summed E-state index contributed by atoms with van der Waals surface area (Å²) in [6, 6.07) is 9.14. The van der Waals surface area contributed by atoms with Gasteiger partial charge < -0.3 is 5.32 Å². The zero-order valence-electron chi connectivity index (χ0n) is 13.7. The van der Waals surface area contributed by atoms with Crippen molar-refractivity contribution in [2.75, 3.05) is 18.4 Å². The molecule has 1 aliphatic rings. The van der Waals surface area contributed by atoms with Gasteiger partial charge in [0.25, 0.3) is 11.3 Å². The fourth-order valence-corrected chi connectivity index (χ4v) is 3.17. The number of aromatic nitrogens is 4. The first-order valence-electron chi connectivity index (χ1n) is 8.37. The zero-order chi connectivity index (χ0) is 17.2. The maximum atomic E-state index is 12.3. The van der Waals surface area contributed by atoms with Crippen LogP contribution in [0.25, 0.3) is 5.78 Å². The Morgan fingerprint density at radius 1 is 1.16 bits per heavy atom. The standard InChI is InChI=1S/C17H19ClN6O/c18-13-5-3-12(4-6-13)10-19-16-21-17-20-14(9-15(25)24(17)22-16)11-23-7-1-2-8-23/h3-6,9H,1-2,7-8,10-11H2,(H2,19,20,21,22). The SMILES string of the molecule is O=c1cc(CN2CCCC2)nc2nc(NCc3ccc(Cl)cc3)[nH]n12. The summed E-state index contributed by atoms with van der Waals surface area (Å²) in [5, 5.41) is 6.82. The molecule has 130 valence electrons. The minimum absolute atomic E-state index is 0.147. The molecule has 1 aromatic carbocycles. The van der Waals surface area contributed by atoms with Crippen molar-refractivity contribution in [3.05, 3.63) is 57.0 Å². The van der Waals surface area contributed by atoms with Crippen LogP contribution in [-0.4, -0.2) is 37.6 Å². The van der Waals surface area contributed by atoms with Gasteiger partial charge >= 0.3 is 0 Å². The van der Waals surface area contributed by atoms with E-state index < -0.39 is 0 Å². The minimum atomic E-state index is -0.147. The van der Waals surface area contributed by atoms with Crippen LogP contribution in [0.4, 0.5) is 5.95 Å². The van der Waals surface area contributed by atoms with E-state index in [0.717, 1.165) is 24.3 Å². The molecule has 0 bridgehead atoms. The van der Waals surface area contributed by atoms with Crippen LogP contribution < -0.4 is 10.9 Å². The maximum absolute atomic E-state index is 12.3. The Hall–Kier alpha value is -2.38. The van der Waals surface area contributed by atoms with E-state index in [0.29, 0.717) is 29.8 Å². The Balaban J connectivity index is 1.51. The summed E-state index contributed by atoms with van der Waals surface area (Å²) in [6.07, 6.45) is 2.42. The monoisotopic (exact) mass is 358 g/mol. The highest BCUT2D eigenvalue weighted by molar-refractivity contribution is 6.30. The minimum Gasteiger partial charge on any atom is -0.351 e. The van der Waals surface area contributed by atoms with Gasteiger partial charge in [0.15, 0.2) is 0 Å². The second-order valence-corrected chi connectivity index (χ2v) is 6.69. The normalized spacial score (nSPS) is 15.1. The van der Waals surface area contributed by atoms with E-state index in [1.807, 2.05) is 24.3 Å². The molecule has 2 aromatic heterocycles. The molecule has 0 radical (unpaired) electrons. The van der Waals surface area contributed by atoms with Crippen molar-refractivity contribution in [2.45, 2.75) is 25.9 Å². The number of benzene rings is 1. The molecule has 0 amide bonds. The zero-order valence-corrected chi connectivity index (χ0v) is 14.5. The molecular formula is C17H19ClN6O. The molecule has 8 heteroatoms. The van der Waals surface area contributed by atoms with E-state index in [1.54, 1.807) is 6.07 Å². The lowest BCUT2D eigenvalue weighted by Crippen LogP contribution is -2.22. The van der Waals surface area contributed by atoms with Gasteiger partial charge in [0.1, 0.15) is 0 Å². The largest absolute Gasteiger partial charge is 0.351 e. The number of fused-ring (bicyclic) bond motifs is 1. The third-order valence-electron chi connectivity index (χ3n) is 4.34. The van der Waals surface area contributed by atoms with Crippen molar-refractivity contribution in [1.82, 2.24) is 24.5 Å². The highest BCUT2D eigenvalue weighted by atomic mass is 35.5. The number of anilines is 1. The van der Waals surface area contributed by atoms with E-state index in [4.69, 9.17) is 11.6 Å². The van der Waals surface area contributed by atoms with Crippen molar-refractivity contribution in [1.29, 1.82) is 0 Å². The van der Waals surface area contributed by atoms with E-state index in [2.05, 4.69) is 25.3 Å².